The number of thioether (sulfide) groups is 1. The van der Waals surface area contributed by atoms with E-state index in [1.54, 1.807) is 0 Å². The third kappa shape index (κ3) is 1.91. The zero-order valence-corrected chi connectivity index (χ0v) is 10.2. The molecule has 2 saturated carbocycles. The fourth-order valence-electron chi connectivity index (χ4n) is 3.25. The van der Waals surface area contributed by atoms with Crippen LogP contribution in [0.5, 0.6) is 0 Å². The first kappa shape index (κ1) is 10.0. The summed E-state index contributed by atoms with van der Waals surface area (Å²) in [5.41, 5.74) is 0. The molecule has 0 aromatic carbocycles. The van der Waals surface area contributed by atoms with Crippen LogP contribution in [0.4, 0.5) is 0 Å². The molecule has 3 fully saturated rings. The molecule has 0 radical (unpaired) electrons. The zero-order valence-electron chi connectivity index (χ0n) is 9.41. The van der Waals surface area contributed by atoms with Crippen molar-refractivity contribution in [3.05, 3.63) is 0 Å². The Hall–Kier alpha value is -0.180. The summed E-state index contributed by atoms with van der Waals surface area (Å²) >= 11 is 1.93. The number of nitrogens with zero attached hydrogens (tertiary/aromatic N) is 1. The first-order valence-corrected chi connectivity index (χ1v) is 7.31. The summed E-state index contributed by atoms with van der Waals surface area (Å²) in [6.45, 7) is 2.25. The van der Waals surface area contributed by atoms with Crippen molar-refractivity contribution in [2.45, 2.75) is 51.1 Å². The SMILES string of the molecule is CCC1CSC(=NC2CC3CCC2C3)N1. The Balaban J connectivity index is 1.63. The minimum Gasteiger partial charge on any atom is -0.361 e. The molecular formula is C12H20N2S. The van der Waals surface area contributed by atoms with Gasteiger partial charge in [-0.25, -0.2) is 0 Å². The van der Waals surface area contributed by atoms with E-state index in [9.17, 15) is 0 Å². The fraction of sp³-hybridized carbons (Fsp3) is 0.917. The van der Waals surface area contributed by atoms with Crippen LogP contribution in [0.1, 0.15) is 39.0 Å². The third-order valence-electron chi connectivity index (χ3n) is 4.23. The van der Waals surface area contributed by atoms with Crippen molar-refractivity contribution < 1.29 is 0 Å². The van der Waals surface area contributed by atoms with Gasteiger partial charge in [0.15, 0.2) is 5.17 Å². The number of hydrogen-bond acceptors (Lipinski definition) is 2. The minimum absolute atomic E-state index is 0.661. The molecule has 3 rings (SSSR count). The van der Waals surface area contributed by atoms with Crippen LogP contribution < -0.4 is 5.32 Å². The molecule has 0 aromatic heterocycles. The Kier molecular flexibility index (Phi) is 2.67. The van der Waals surface area contributed by atoms with Gasteiger partial charge in [0.1, 0.15) is 0 Å². The van der Waals surface area contributed by atoms with Gasteiger partial charge < -0.3 is 5.32 Å². The van der Waals surface area contributed by atoms with E-state index in [4.69, 9.17) is 4.99 Å². The molecule has 3 heteroatoms. The molecule has 4 atom stereocenters. The molecule has 0 aromatic rings. The Labute approximate surface area is 96.3 Å². The van der Waals surface area contributed by atoms with Crippen LogP contribution in [0.2, 0.25) is 0 Å². The van der Waals surface area contributed by atoms with Gasteiger partial charge in [-0.2, -0.15) is 0 Å². The zero-order chi connectivity index (χ0) is 10.3. The van der Waals surface area contributed by atoms with Gasteiger partial charge in [-0.1, -0.05) is 25.1 Å². The van der Waals surface area contributed by atoms with Crippen LogP contribution in [-0.2, 0) is 0 Å². The van der Waals surface area contributed by atoms with Gasteiger partial charge in [0.05, 0.1) is 6.04 Å². The predicted molar refractivity (Wildman–Crippen MR) is 66.3 cm³/mol. The second kappa shape index (κ2) is 4.00. The van der Waals surface area contributed by atoms with Gasteiger partial charge in [0, 0.05) is 11.8 Å². The summed E-state index contributed by atoms with van der Waals surface area (Å²) in [5.74, 6) is 3.15. The Morgan fingerprint density at radius 1 is 1.40 bits per heavy atom. The lowest BCUT2D eigenvalue weighted by Gasteiger charge is -2.18. The molecule has 0 spiro atoms. The second-order valence-corrected chi connectivity index (χ2v) is 6.25. The van der Waals surface area contributed by atoms with Gasteiger partial charge in [0.2, 0.25) is 0 Å². The van der Waals surface area contributed by atoms with Crippen molar-refractivity contribution in [2.75, 3.05) is 5.75 Å². The van der Waals surface area contributed by atoms with Gasteiger partial charge in [0.25, 0.3) is 0 Å². The van der Waals surface area contributed by atoms with Crippen molar-refractivity contribution in [3.63, 3.8) is 0 Å². The standard InChI is InChI=1S/C12H20N2S/c1-2-10-7-15-12(13-10)14-11-6-8-3-4-9(11)5-8/h8-11H,2-7H2,1H3,(H,13,14). The first-order chi connectivity index (χ1) is 7.35. The van der Waals surface area contributed by atoms with Gasteiger partial charge in [-0.15, -0.1) is 0 Å². The number of hydrogen-bond donors (Lipinski definition) is 1. The molecule has 4 unspecified atom stereocenters. The van der Waals surface area contributed by atoms with Gasteiger partial charge >= 0.3 is 0 Å². The number of nitrogens with one attached hydrogen (secondary N) is 1. The first-order valence-electron chi connectivity index (χ1n) is 6.32. The highest BCUT2D eigenvalue weighted by atomic mass is 32.2. The van der Waals surface area contributed by atoms with Crippen LogP contribution in [0.25, 0.3) is 0 Å². The topological polar surface area (TPSA) is 24.4 Å². The second-order valence-electron chi connectivity index (χ2n) is 5.24. The lowest BCUT2D eigenvalue weighted by atomic mass is 9.96. The maximum absolute atomic E-state index is 4.92. The maximum atomic E-state index is 4.92. The van der Waals surface area contributed by atoms with Crippen LogP contribution in [0.15, 0.2) is 4.99 Å². The highest BCUT2D eigenvalue weighted by Crippen LogP contribution is 2.46. The van der Waals surface area contributed by atoms with Crippen LogP contribution in [0.3, 0.4) is 0 Å². The highest BCUT2D eigenvalue weighted by Gasteiger charge is 2.39. The van der Waals surface area contributed by atoms with Gasteiger partial charge in [-0.05, 0) is 37.5 Å². The molecule has 1 heterocycles. The van der Waals surface area contributed by atoms with E-state index in [0.29, 0.717) is 12.1 Å². The van der Waals surface area contributed by atoms with E-state index < -0.39 is 0 Å². The van der Waals surface area contributed by atoms with Crippen LogP contribution >= 0.6 is 11.8 Å². The molecule has 1 N–H and O–H groups in total. The van der Waals surface area contributed by atoms with E-state index in [1.807, 2.05) is 11.8 Å². The quantitative estimate of drug-likeness (QED) is 0.780. The van der Waals surface area contributed by atoms with Crippen molar-refractivity contribution in [1.82, 2.24) is 5.32 Å². The Morgan fingerprint density at radius 3 is 2.93 bits per heavy atom. The normalized spacial score (nSPS) is 46.3. The highest BCUT2D eigenvalue weighted by molar-refractivity contribution is 8.14. The number of aliphatic imine (C=N–C) groups is 1. The maximum Gasteiger partial charge on any atom is 0.157 e. The summed E-state index contributed by atoms with van der Waals surface area (Å²) in [4.78, 5) is 4.92. The van der Waals surface area contributed by atoms with E-state index in [2.05, 4.69) is 12.2 Å². The van der Waals surface area contributed by atoms with E-state index >= 15 is 0 Å². The largest absolute Gasteiger partial charge is 0.361 e. The molecule has 1 aliphatic heterocycles. The monoisotopic (exact) mass is 224 g/mol. The molecule has 2 nitrogen and oxygen atoms in total. The lowest BCUT2D eigenvalue weighted by Crippen LogP contribution is -2.27. The molecule has 15 heavy (non-hydrogen) atoms. The average molecular weight is 224 g/mol. The molecule has 2 bridgehead atoms. The number of amidine groups is 1. The number of rotatable bonds is 2. The van der Waals surface area contributed by atoms with Crippen molar-refractivity contribution in [3.8, 4) is 0 Å². The summed E-state index contributed by atoms with van der Waals surface area (Å²) < 4.78 is 0. The van der Waals surface area contributed by atoms with Crippen LogP contribution in [-0.4, -0.2) is 23.0 Å². The van der Waals surface area contributed by atoms with Crippen molar-refractivity contribution in [1.29, 1.82) is 0 Å². The summed E-state index contributed by atoms with van der Waals surface area (Å²) in [7, 11) is 0. The molecule has 84 valence electrons. The predicted octanol–water partition coefficient (Wildman–Crippen LogP) is 2.65. The van der Waals surface area contributed by atoms with Crippen LogP contribution in [0, 0.1) is 11.8 Å². The summed E-state index contributed by atoms with van der Waals surface area (Å²) in [6.07, 6.45) is 6.97. The van der Waals surface area contributed by atoms with E-state index in [0.717, 1.165) is 11.8 Å². The molecule has 0 amide bonds. The van der Waals surface area contributed by atoms with E-state index in [-0.39, 0.29) is 0 Å². The van der Waals surface area contributed by atoms with Crippen molar-refractivity contribution in [2.24, 2.45) is 16.8 Å². The number of fused-ring (bicyclic) bond motifs is 2. The minimum atomic E-state index is 0.661. The summed E-state index contributed by atoms with van der Waals surface area (Å²) in [6, 6.07) is 1.33. The van der Waals surface area contributed by atoms with Gasteiger partial charge in [-0.3, -0.25) is 4.99 Å². The van der Waals surface area contributed by atoms with E-state index in [1.165, 1.54) is 43.0 Å². The Morgan fingerprint density at radius 2 is 2.33 bits per heavy atom. The smallest absolute Gasteiger partial charge is 0.157 e. The molecular weight excluding hydrogens is 204 g/mol. The summed E-state index contributed by atoms with van der Waals surface area (Å²) in [5, 5.41) is 4.78. The molecule has 3 aliphatic rings. The average Bonchev–Trinajstić information content (AvgIpc) is 2.92. The molecule has 2 aliphatic carbocycles. The lowest BCUT2D eigenvalue weighted by molar-refractivity contribution is 0.420. The van der Waals surface area contributed by atoms with Crippen molar-refractivity contribution >= 4 is 16.9 Å². The fourth-order valence-corrected chi connectivity index (χ4v) is 4.39. The Bertz CT molecular complexity index is 277. The third-order valence-corrected chi connectivity index (χ3v) is 5.29. The molecule has 1 saturated heterocycles.